The summed E-state index contributed by atoms with van der Waals surface area (Å²) in [6, 6.07) is 11.6. The van der Waals surface area contributed by atoms with E-state index in [2.05, 4.69) is 30.8 Å². The molecular formula is C39H46FN9O6. The fourth-order valence-electron chi connectivity index (χ4n) is 7.08. The number of benzene rings is 2. The summed E-state index contributed by atoms with van der Waals surface area (Å²) >= 11 is 0. The minimum absolute atomic E-state index is 0.0117. The molecule has 2 aromatic heterocycles. The lowest BCUT2D eigenvalue weighted by atomic mass is 10.0. The number of aromatic hydroxyl groups is 1. The number of methoxy groups -OCH3 is 1. The third-order valence-corrected chi connectivity index (χ3v) is 10.1. The van der Waals surface area contributed by atoms with Gasteiger partial charge in [-0.3, -0.25) is 9.59 Å². The molecule has 4 heterocycles. The topological polar surface area (TPSA) is 185 Å². The van der Waals surface area contributed by atoms with E-state index >= 15 is 4.39 Å². The standard InChI is InChI=1S/C39H46FN9O6/c1-22(2)34(46-39(54)55-5)37(52)49-14-6-7-31(49)35-43-20-30(44-35)25-10-8-24(9-11-25)27-17-28(40)29(18-32(27)50)45-36(51)26-12-13-33(42-19-26)48-16-15-47(21-23(48)3)38(53)41-4/h8-13,17-20,22-23,31,34,50H,6-7,14-16,21H2,1-5H3,(H,41,53)(H,43,44)(H,45,51)(H,46,54)/t23-,31+,34+/m1/s1. The number of imidazole rings is 1. The SMILES string of the molecule is CNC(=O)N1CCN(c2ccc(C(=O)Nc3cc(O)c(-c4ccc(-c5c[nH]c([C@@H]6CCCN6C(=O)[C@@H](NC(=O)OC)C(C)C)n5)cc4)cc3F)cn2)[C@H](C)C1. The van der Waals surface area contributed by atoms with Gasteiger partial charge in [0, 0.05) is 68.9 Å². The molecule has 2 aliphatic heterocycles. The maximum atomic E-state index is 15.4. The summed E-state index contributed by atoms with van der Waals surface area (Å²) in [4.78, 5) is 68.4. The van der Waals surface area contributed by atoms with Gasteiger partial charge in [0.05, 0.1) is 30.1 Å². The van der Waals surface area contributed by atoms with E-state index in [0.29, 0.717) is 55.5 Å². The molecule has 0 saturated carbocycles. The Labute approximate surface area is 318 Å². The smallest absolute Gasteiger partial charge is 0.407 e. The number of piperazine rings is 1. The van der Waals surface area contributed by atoms with Crippen molar-refractivity contribution in [2.24, 2.45) is 5.92 Å². The average molecular weight is 756 g/mol. The minimum atomic E-state index is -0.739. The van der Waals surface area contributed by atoms with Crippen LogP contribution < -0.4 is 20.9 Å². The largest absolute Gasteiger partial charge is 0.507 e. The molecule has 6 rings (SSSR count). The zero-order valence-electron chi connectivity index (χ0n) is 31.4. The van der Waals surface area contributed by atoms with E-state index in [9.17, 15) is 24.3 Å². The van der Waals surface area contributed by atoms with Crippen molar-refractivity contribution >= 4 is 35.4 Å². The molecule has 0 bridgehead atoms. The Morgan fingerprint density at radius 2 is 1.78 bits per heavy atom. The number of halogens is 1. The third kappa shape index (κ3) is 8.32. The molecule has 0 aliphatic carbocycles. The summed E-state index contributed by atoms with van der Waals surface area (Å²) in [5, 5.41) is 18.7. The van der Waals surface area contributed by atoms with Crippen molar-refractivity contribution in [2.75, 3.05) is 50.6 Å². The Balaban J connectivity index is 1.10. The van der Waals surface area contributed by atoms with Gasteiger partial charge in [-0.1, -0.05) is 38.1 Å². The lowest BCUT2D eigenvalue weighted by Crippen LogP contribution is -2.55. The second-order valence-corrected chi connectivity index (χ2v) is 14.0. The molecule has 0 unspecified atom stereocenters. The Morgan fingerprint density at radius 3 is 2.44 bits per heavy atom. The van der Waals surface area contributed by atoms with Gasteiger partial charge >= 0.3 is 12.1 Å². The number of nitrogens with one attached hydrogen (secondary N) is 4. The lowest BCUT2D eigenvalue weighted by molar-refractivity contribution is -0.135. The van der Waals surface area contributed by atoms with Crippen LogP contribution in [0.3, 0.4) is 0 Å². The van der Waals surface area contributed by atoms with Crippen molar-refractivity contribution in [3.8, 4) is 28.1 Å². The number of ether oxygens (including phenoxy) is 1. The maximum Gasteiger partial charge on any atom is 0.407 e. The van der Waals surface area contributed by atoms with Crippen LogP contribution in [0.2, 0.25) is 0 Å². The van der Waals surface area contributed by atoms with E-state index in [4.69, 9.17) is 9.72 Å². The monoisotopic (exact) mass is 755 g/mol. The number of carbonyl (C=O) groups is 4. The van der Waals surface area contributed by atoms with Crippen LogP contribution in [-0.2, 0) is 9.53 Å². The van der Waals surface area contributed by atoms with E-state index in [1.807, 2.05) is 20.8 Å². The zero-order chi connectivity index (χ0) is 39.4. The number of pyridine rings is 1. The van der Waals surface area contributed by atoms with Crippen LogP contribution in [0.4, 0.5) is 25.5 Å². The second kappa shape index (κ2) is 16.4. The molecule has 55 heavy (non-hydrogen) atoms. The van der Waals surface area contributed by atoms with Crippen LogP contribution in [0.1, 0.15) is 55.8 Å². The van der Waals surface area contributed by atoms with E-state index in [1.165, 1.54) is 25.4 Å². The van der Waals surface area contributed by atoms with Gasteiger partial charge in [-0.15, -0.1) is 0 Å². The number of nitrogens with zero attached hydrogens (tertiary/aromatic N) is 5. The van der Waals surface area contributed by atoms with E-state index in [0.717, 1.165) is 12.0 Å². The predicted octanol–water partition coefficient (Wildman–Crippen LogP) is 5.13. The predicted molar refractivity (Wildman–Crippen MR) is 204 cm³/mol. The fraction of sp³-hybridized carbons (Fsp3) is 0.385. The number of likely N-dealkylation sites (tertiary alicyclic amines) is 1. The number of aromatic nitrogens is 3. The Kier molecular flexibility index (Phi) is 11.5. The summed E-state index contributed by atoms with van der Waals surface area (Å²) in [5.41, 5.74) is 2.21. The summed E-state index contributed by atoms with van der Waals surface area (Å²) in [6.45, 7) is 7.90. The number of rotatable bonds is 9. The molecule has 5 N–H and O–H groups in total. The molecule has 3 atom stereocenters. The van der Waals surface area contributed by atoms with Crippen LogP contribution in [0, 0.1) is 11.7 Å². The first-order valence-corrected chi connectivity index (χ1v) is 18.2. The zero-order valence-corrected chi connectivity index (χ0v) is 31.4. The number of aromatic amines is 1. The molecule has 2 aromatic carbocycles. The van der Waals surface area contributed by atoms with Crippen molar-refractivity contribution in [2.45, 2.75) is 51.7 Å². The van der Waals surface area contributed by atoms with E-state index in [1.54, 1.807) is 59.4 Å². The number of phenols is 1. The first kappa shape index (κ1) is 38.5. The number of urea groups is 1. The molecule has 0 radical (unpaired) electrons. The maximum absolute atomic E-state index is 15.4. The van der Waals surface area contributed by atoms with Crippen LogP contribution >= 0.6 is 0 Å². The molecule has 4 aromatic rings. The van der Waals surface area contributed by atoms with Crippen molar-refractivity contribution < 1.29 is 33.4 Å². The summed E-state index contributed by atoms with van der Waals surface area (Å²) in [5.74, 6) is -0.608. The molecule has 2 fully saturated rings. The Morgan fingerprint density at radius 1 is 1.04 bits per heavy atom. The quantitative estimate of drug-likeness (QED) is 0.155. The number of carbonyl (C=O) groups excluding carboxylic acids is 4. The van der Waals surface area contributed by atoms with Crippen LogP contribution in [-0.4, -0.2) is 106 Å². The Hall–Kier alpha value is -6.19. The summed E-state index contributed by atoms with van der Waals surface area (Å²) in [7, 11) is 2.86. The highest BCUT2D eigenvalue weighted by molar-refractivity contribution is 6.04. The molecule has 2 aliphatic rings. The van der Waals surface area contributed by atoms with Crippen LogP contribution in [0.5, 0.6) is 5.75 Å². The number of anilines is 2. The number of phenolic OH excluding ortho intramolecular Hbond substituents is 1. The number of hydrogen-bond donors (Lipinski definition) is 5. The van der Waals surface area contributed by atoms with Gasteiger partial charge in [0.2, 0.25) is 5.91 Å². The first-order chi connectivity index (χ1) is 26.4. The van der Waals surface area contributed by atoms with Gasteiger partial charge in [0.25, 0.3) is 5.91 Å². The number of H-pyrrole nitrogens is 1. The second-order valence-electron chi connectivity index (χ2n) is 14.0. The molecule has 15 nitrogen and oxygen atoms in total. The lowest BCUT2D eigenvalue weighted by Gasteiger charge is -2.40. The van der Waals surface area contributed by atoms with Gasteiger partial charge in [-0.05, 0) is 49.4 Å². The highest BCUT2D eigenvalue weighted by Gasteiger charge is 2.37. The van der Waals surface area contributed by atoms with Gasteiger partial charge in [-0.2, -0.15) is 0 Å². The normalized spacial score (nSPS) is 17.5. The number of hydrogen-bond acceptors (Lipinski definition) is 9. The highest BCUT2D eigenvalue weighted by atomic mass is 19.1. The van der Waals surface area contributed by atoms with Gasteiger partial charge < -0.3 is 45.5 Å². The van der Waals surface area contributed by atoms with Gasteiger partial charge in [0.1, 0.15) is 29.3 Å². The highest BCUT2D eigenvalue weighted by Crippen LogP contribution is 2.36. The van der Waals surface area contributed by atoms with Crippen molar-refractivity contribution in [3.63, 3.8) is 0 Å². The molecular weight excluding hydrogens is 709 g/mol. The minimum Gasteiger partial charge on any atom is -0.507 e. The Bertz CT molecular complexity index is 2040. The molecule has 2 saturated heterocycles. The summed E-state index contributed by atoms with van der Waals surface area (Å²) in [6.07, 6.45) is 4.01. The van der Waals surface area contributed by atoms with Crippen molar-refractivity contribution in [3.05, 3.63) is 78.1 Å². The third-order valence-electron chi connectivity index (χ3n) is 10.1. The molecule has 5 amide bonds. The van der Waals surface area contributed by atoms with Gasteiger partial charge in [0.15, 0.2) is 0 Å². The van der Waals surface area contributed by atoms with Crippen molar-refractivity contribution in [1.82, 2.24) is 35.4 Å². The number of amides is 5. The molecule has 0 spiro atoms. The summed E-state index contributed by atoms with van der Waals surface area (Å²) < 4.78 is 20.1. The first-order valence-electron chi connectivity index (χ1n) is 18.2. The van der Waals surface area contributed by atoms with Crippen LogP contribution in [0.25, 0.3) is 22.4 Å². The number of alkyl carbamates (subject to hydrolysis) is 1. The average Bonchev–Trinajstić information content (AvgIpc) is 3.88. The molecule has 16 heteroatoms. The van der Waals surface area contributed by atoms with Crippen LogP contribution in [0.15, 0.2) is 60.9 Å². The van der Waals surface area contributed by atoms with Crippen molar-refractivity contribution in [1.29, 1.82) is 0 Å². The van der Waals surface area contributed by atoms with E-state index in [-0.39, 0.29) is 52.5 Å². The van der Waals surface area contributed by atoms with Gasteiger partial charge in [-0.25, -0.2) is 23.9 Å². The molecule has 290 valence electrons. The van der Waals surface area contributed by atoms with E-state index < -0.39 is 23.9 Å². The fourth-order valence-corrected chi connectivity index (χ4v) is 7.08.